The standard InChI is InChI=1S/C50H67N9O24/c51-30(44(68)69)5-12-38(62)54-32(46(72)73)7-14-40(64)56-34(48(76)77)9-16-42(66)58-36(50(80)81)11-18-43(67)59-35(49(78)79)10-17-41(65)57-33(47(74)75)8-15-39(63)55-31(45(70)71)6-13-37(61)53-20-19-26-1-3-28(4-2-26)82-23-27-21-29(83-24-27)22-52-25-60/h1-4,21,24-25,30-36H,5-20,22-23,51H2,(H,52,60)(H,53,61)(H,54,62)(H,55,63)(H,56,64)(H,57,65)(H,58,66)(H,59,67)(H,68,69)(H,70,71)(H,72,73)(H,74,75)(H,76,77)(H,78,79)(H,80,81)/t30-,31-,32-,33-,34-,35-,36-/m0/s1. The Labute approximate surface area is 471 Å². The highest BCUT2D eigenvalue weighted by atomic mass is 16.5. The van der Waals surface area contributed by atoms with E-state index in [0.29, 0.717) is 24.3 Å². The summed E-state index contributed by atoms with van der Waals surface area (Å²) in [7, 11) is 0. The largest absolute Gasteiger partial charge is 0.489 e. The van der Waals surface area contributed by atoms with E-state index < -0.39 is 196 Å². The number of hydrogen-bond donors (Lipinski definition) is 16. The van der Waals surface area contributed by atoms with Crippen molar-refractivity contribution < 1.29 is 117 Å². The predicted octanol–water partition coefficient (Wildman–Crippen LogP) is -2.95. The van der Waals surface area contributed by atoms with Crippen molar-refractivity contribution in [1.29, 1.82) is 0 Å². The molecular formula is C50H67N9O24. The molecule has 0 saturated heterocycles. The molecule has 0 aliphatic carbocycles. The van der Waals surface area contributed by atoms with Crippen LogP contribution in [-0.4, -0.2) is 174 Å². The summed E-state index contributed by atoms with van der Waals surface area (Å²) in [5.74, 6) is -16.4. The third-order valence-electron chi connectivity index (χ3n) is 11.9. The molecule has 0 radical (unpaired) electrons. The second-order valence-corrected chi connectivity index (χ2v) is 18.4. The summed E-state index contributed by atoms with van der Waals surface area (Å²) in [6.07, 6.45) is -5.29. The van der Waals surface area contributed by atoms with Crippen molar-refractivity contribution in [3.8, 4) is 5.75 Å². The van der Waals surface area contributed by atoms with E-state index >= 15 is 0 Å². The van der Waals surface area contributed by atoms with Crippen LogP contribution in [0.25, 0.3) is 0 Å². The summed E-state index contributed by atoms with van der Waals surface area (Å²) in [5.41, 5.74) is 6.92. The van der Waals surface area contributed by atoms with Gasteiger partial charge < -0.3 is 93.2 Å². The minimum absolute atomic E-state index is 0.192. The van der Waals surface area contributed by atoms with E-state index in [1.165, 1.54) is 6.26 Å². The molecule has 1 aromatic heterocycles. The first-order chi connectivity index (χ1) is 39.2. The molecule has 0 aliphatic rings. The summed E-state index contributed by atoms with van der Waals surface area (Å²) in [6, 6.07) is -2.86. The Morgan fingerprint density at radius 1 is 0.458 bits per heavy atom. The summed E-state index contributed by atoms with van der Waals surface area (Å²) in [6.45, 7) is 0.647. The molecule has 1 heterocycles. The number of amides is 8. The fraction of sp³-hybridized carbons (Fsp3) is 0.500. The van der Waals surface area contributed by atoms with E-state index in [1.807, 2.05) is 0 Å². The first-order valence-corrected chi connectivity index (χ1v) is 25.5. The number of ether oxygens (including phenoxy) is 1. The van der Waals surface area contributed by atoms with Crippen LogP contribution in [0.2, 0.25) is 0 Å². The average Bonchev–Trinajstić information content (AvgIpc) is 3.90. The molecule has 0 spiro atoms. The fourth-order valence-electron chi connectivity index (χ4n) is 7.30. The maximum atomic E-state index is 12.7. The van der Waals surface area contributed by atoms with Gasteiger partial charge in [0.1, 0.15) is 60.4 Å². The number of nitrogens with one attached hydrogen (secondary N) is 8. The smallest absolute Gasteiger partial charge is 0.326 e. The van der Waals surface area contributed by atoms with Crippen LogP contribution in [0.1, 0.15) is 107 Å². The number of rotatable bonds is 43. The predicted molar refractivity (Wildman–Crippen MR) is 277 cm³/mol. The molecule has 456 valence electrons. The Bertz CT molecular complexity index is 2630. The lowest BCUT2D eigenvalue weighted by molar-refractivity contribution is -0.144. The zero-order chi connectivity index (χ0) is 62.2. The molecule has 83 heavy (non-hydrogen) atoms. The number of furan rings is 1. The fourth-order valence-corrected chi connectivity index (χ4v) is 7.30. The zero-order valence-electron chi connectivity index (χ0n) is 44.5. The van der Waals surface area contributed by atoms with Crippen LogP contribution in [0.4, 0.5) is 0 Å². The van der Waals surface area contributed by atoms with Crippen LogP contribution < -0.4 is 53.0 Å². The van der Waals surface area contributed by atoms with E-state index in [1.54, 1.807) is 30.3 Å². The maximum Gasteiger partial charge on any atom is 0.326 e. The molecule has 33 nitrogen and oxygen atoms in total. The topological polar surface area (TPSA) is 542 Å². The third-order valence-corrected chi connectivity index (χ3v) is 11.9. The Hall–Kier alpha value is -9.69. The van der Waals surface area contributed by atoms with Gasteiger partial charge in [-0.25, -0.2) is 28.8 Å². The SMILES string of the molecule is N[C@@H](CCC(=O)N[C@@H](CCC(=O)N[C@@H](CCC(=O)N[C@@H](CCC(=O)N[C@@H](CCC(=O)N[C@@H](CCC(=O)N[C@@H](CCC(=O)NCCc1ccc(OCc2coc(CNC=O)c2)cc1)C(=O)O)C(=O)O)C(=O)O)C(=O)O)C(=O)O)C(=O)O)C(=O)O. The Morgan fingerprint density at radius 3 is 1.10 bits per heavy atom. The minimum atomic E-state index is -1.79. The number of hydrogen-bond acceptors (Lipinski definition) is 18. The zero-order valence-corrected chi connectivity index (χ0v) is 44.5. The second-order valence-electron chi connectivity index (χ2n) is 18.4. The lowest BCUT2D eigenvalue weighted by Crippen LogP contribution is -2.46. The van der Waals surface area contributed by atoms with Crippen LogP contribution in [-0.2, 0) is 91.5 Å². The average molecular weight is 1180 g/mol. The van der Waals surface area contributed by atoms with Gasteiger partial charge in [0.25, 0.3) is 0 Å². The molecule has 2 rings (SSSR count). The van der Waals surface area contributed by atoms with Crippen molar-refractivity contribution >= 4 is 89.5 Å². The van der Waals surface area contributed by atoms with Gasteiger partial charge in [-0.3, -0.25) is 43.2 Å². The number of aliphatic carboxylic acids is 7. The van der Waals surface area contributed by atoms with E-state index in [9.17, 15) is 103 Å². The number of benzene rings is 1. The molecule has 33 heteroatoms. The van der Waals surface area contributed by atoms with Crippen molar-refractivity contribution in [2.45, 2.75) is 152 Å². The highest BCUT2D eigenvalue weighted by Crippen LogP contribution is 2.17. The number of carboxylic acids is 7. The van der Waals surface area contributed by atoms with Crippen molar-refractivity contribution in [3.05, 3.63) is 53.5 Å². The number of carbonyl (C=O) groups is 15. The maximum absolute atomic E-state index is 12.7. The van der Waals surface area contributed by atoms with Crippen LogP contribution in [0, 0.1) is 0 Å². The van der Waals surface area contributed by atoms with Crippen molar-refractivity contribution in [3.63, 3.8) is 0 Å². The monoisotopic (exact) mass is 1180 g/mol. The first kappa shape index (κ1) is 69.4. The molecule has 7 atom stereocenters. The molecular weight excluding hydrogens is 1110 g/mol. The molecule has 2 aromatic rings. The Balaban J connectivity index is 1.78. The van der Waals surface area contributed by atoms with Crippen molar-refractivity contribution in [2.75, 3.05) is 6.54 Å². The second kappa shape index (κ2) is 36.5. The molecule has 17 N–H and O–H groups in total. The molecule has 0 fully saturated rings. The normalized spacial score (nSPS) is 13.3. The van der Waals surface area contributed by atoms with Crippen molar-refractivity contribution in [2.24, 2.45) is 5.73 Å². The van der Waals surface area contributed by atoms with Crippen LogP contribution in [0.3, 0.4) is 0 Å². The number of nitrogens with two attached hydrogens (primary N) is 1. The van der Waals surface area contributed by atoms with Gasteiger partial charge >= 0.3 is 41.8 Å². The Kier molecular flexibility index (Phi) is 30.6. The molecule has 0 bridgehead atoms. The van der Waals surface area contributed by atoms with Gasteiger partial charge in [0, 0.05) is 57.1 Å². The van der Waals surface area contributed by atoms with Crippen LogP contribution in [0.15, 0.2) is 41.0 Å². The minimum Gasteiger partial charge on any atom is -0.489 e. The summed E-state index contributed by atoms with van der Waals surface area (Å²) in [4.78, 5) is 180. The molecule has 0 saturated carbocycles. The number of carbonyl (C=O) groups excluding carboxylic acids is 8. The first-order valence-electron chi connectivity index (χ1n) is 25.5. The van der Waals surface area contributed by atoms with E-state index in [4.69, 9.17) is 20.0 Å². The lowest BCUT2D eigenvalue weighted by Gasteiger charge is -2.19. The Morgan fingerprint density at radius 2 is 0.783 bits per heavy atom. The third kappa shape index (κ3) is 28.9. The van der Waals surface area contributed by atoms with E-state index in [-0.39, 0.29) is 39.0 Å². The highest BCUT2D eigenvalue weighted by molar-refractivity contribution is 5.90. The lowest BCUT2D eigenvalue weighted by atomic mass is 10.1. The van der Waals surface area contributed by atoms with Crippen molar-refractivity contribution in [1.82, 2.24) is 42.5 Å². The van der Waals surface area contributed by atoms with Gasteiger partial charge in [-0.1, -0.05) is 12.1 Å². The van der Waals surface area contributed by atoms with Crippen LogP contribution in [0.5, 0.6) is 5.75 Å². The molecule has 0 aliphatic heterocycles. The quantitative estimate of drug-likeness (QED) is 0.0295. The number of carboxylic acid groups (broad SMARTS) is 7. The van der Waals surface area contributed by atoms with E-state index in [2.05, 4.69) is 42.5 Å². The van der Waals surface area contributed by atoms with Gasteiger partial charge in [0.15, 0.2) is 0 Å². The summed E-state index contributed by atoms with van der Waals surface area (Å²) < 4.78 is 11.1. The summed E-state index contributed by atoms with van der Waals surface area (Å²) in [5, 5.41) is 84.2. The van der Waals surface area contributed by atoms with Gasteiger partial charge in [-0.2, -0.15) is 0 Å². The summed E-state index contributed by atoms with van der Waals surface area (Å²) >= 11 is 0. The molecule has 8 amide bonds. The highest BCUT2D eigenvalue weighted by Gasteiger charge is 2.30. The molecule has 0 unspecified atom stereocenters. The van der Waals surface area contributed by atoms with Gasteiger partial charge in [-0.05, 0) is 75.1 Å². The van der Waals surface area contributed by atoms with Gasteiger partial charge in [0.05, 0.1) is 12.8 Å². The molecule has 1 aromatic carbocycles. The van der Waals surface area contributed by atoms with Crippen LogP contribution >= 0.6 is 0 Å². The van der Waals surface area contributed by atoms with Gasteiger partial charge in [-0.15, -0.1) is 0 Å². The van der Waals surface area contributed by atoms with Gasteiger partial charge in [0.2, 0.25) is 47.8 Å². The van der Waals surface area contributed by atoms with E-state index in [0.717, 1.165) is 11.1 Å².